The molecule has 0 radical (unpaired) electrons. The number of hydrogen-bond donors (Lipinski definition) is 1. The molecule has 0 bridgehead atoms. The average molecular weight is 481 g/mol. The average Bonchev–Trinajstić information content (AvgIpc) is 3.46. The lowest BCUT2D eigenvalue weighted by molar-refractivity contribution is -0.137. The van der Waals surface area contributed by atoms with E-state index >= 15 is 0 Å². The number of hydrogen-bond acceptors (Lipinski definition) is 8. The molecule has 2 fully saturated rings. The lowest BCUT2D eigenvalue weighted by atomic mass is 9.88. The molecule has 0 aromatic carbocycles. The van der Waals surface area contributed by atoms with E-state index in [-0.39, 0.29) is 11.8 Å². The Morgan fingerprint density at radius 3 is 2.85 bits per heavy atom. The van der Waals surface area contributed by atoms with Crippen molar-refractivity contribution < 1.29 is 9.53 Å². The van der Waals surface area contributed by atoms with E-state index in [2.05, 4.69) is 46.3 Å². The number of amides is 1. The van der Waals surface area contributed by atoms with Gasteiger partial charge in [-0.2, -0.15) is 0 Å². The number of aromatic nitrogens is 2. The lowest BCUT2D eigenvalue weighted by Gasteiger charge is -2.30. The van der Waals surface area contributed by atoms with Crippen LogP contribution in [0.25, 0.3) is 21.5 Å². The first-order chi connectivity index (χ1) is 16.4. The zero-order valence-corrected chi connectivity index (χ0v) is 21.1. The molecule has 3 aromatic heterocycles. The fourth-order valence-corrected chi connectivity index (χ4v) is 5.93. The summed E-state index contributed by atoms with van der Waals surface area (Å²) >= 11 is 1.76. The van der Waals surface area contributed by atoms with Gasteiger partial charge in [-0.15, -0.1) is 11.3 Å². The molecule has 1 amide bonds. The highest BCUT2D eigenvalue weighted by atomic mass is 32.1. The van der Waals surface area contributed by atoms with Crippen molar-refractivity contribution in [1.29, 1.82) is 0 Å². The quantitative estimate of drug-likeness (QED) is 0.521. The molecular formula is C25H32N6O2S. The van der Waals surface area contributed by atoms with E-state index in [1.165, 1.54) is 9.70 Å². The second-order valence-electron chi connectivity index (χ2n) is 9.38. The Kier molecular flexibility index (Phi) is 6.31. The van der Waals surface area contributed by atoms with Crippen LogP contribution in [0.2, 0.25) is 0 Å². The minimum atomic E-state index is 0.0782. The van der Waals surface area contributed by atoms with Gasteiger partial charge in [0.15, 0.2) is 0 Å². The van der Waals surface area contributed by atoms with Crippen LogP contribution in [0.3, 0.4) is 0 Å². The monoisotopic (exact) mass is 480 g/mol. The molecule has 2 atom stereocenters. The van der Waals surface area contributed by atoms with Gasteiger partial charge >= 0.3 is 0 Å². The van der Waals surface area contributed by atoms with Crippen LogP contribution in [0.4, 0.5) is 10.7 Å². The van der Waals surface area contributed by atoms with Gasteiger partial charge in [0.2, 0.25) is 11.8 Å². The molecular weight excluding hydrogens is 448 g/mol. The minimum absolute atomic E-state index is 0.0782. The second-order valence-corrected chi connectivity index (χ2v) is 10.4. The number of nitrogens with zero attached hydrogens (tertiary/aromatic N) is 5. The third-order valence-corrected chi connectivity index (χ3v) is 8.15. The van der Waals surface area contributed by atoms with E-state index in [1.807, 2.05) is 37.3 Å². The second kappa shape index (κ2) is 9.38. The number of pyridine rings is 2. The molecule has 2 saturated heterocycles. The van der Waals surface area contributed by atoms with E-state index in [0.29, 0.717) is 18.4 Å². The fourth-order valence-electron chi connectivity index (χ4n) is 4.86. The highest BCUT2D eigenvalue weighted by Crippen LogP contribution is 2.43. The lowest BCUT2D eigenvalue weighted by Crippen LogP contribution is -2.42. The van der Waals surface area contributed by atoms with Crippen molar-refractivity contribution in [3.05, 3.63) is 30.5 Å². The molecule has 9 heteroatoms. The van der Waals surface area contributed by atoms with Gasteiger partial charge in [-0.25, -0.2) is 9.97 Å². The highest BCUT2D eigenvalue weighted by molar-refractivity contribution is 7.23. The maximum Gasteiger partial charge on any atom is 0.227 e. The molecule has 0 saturated carbocycles. The van der Waals surface area contributed by atoms with Crippen molar-refractivity contribution in [1.82, 2.24) is 20.2 Å². The van der Waals surface area contributed by atoms with Gasteiger partial charge in [0.05, 0.1) is 32.5 Å². The standard InChI is InChI=1S/C25H32N6O2S/c1-26-8-10-33-22-6-5-16(13-27-22)19-11-21(24-20(28-19)12-23(34-24)29(2)3)31-14-17-7-9-30(4)25(32)18(17)15-31/h5-6,11-13,17-18,26H,7-10,14-15H2,1-4H3. The molecule has 2 aliphatic heterocycles. The fraction of sp³-hybridized carbons (Fsp3) is 0.480. The van der Waals surface area contributed by atoms with E-state index in [4.69, 9.17) is 9.72 Å². The van der Waals surface area contributed by atoms with Crippen LogP contribution < -0.4 is 19.9 Å². The number of rotatable bonds is 7. The Hall–Kier alpha value is -2.91. The van der Waals surface area contributed by atoms with Gasteiger partial charge in [-0.05, 0) is 37.6 Å². The topological polar surface area (TPSA) is 73.8 Å². The first-order valence-electron chi connectivity index (χ1n) is 11.8. The Morgan fingerprint density at radius 2 is 2.12 bits per heavy atom. The van der Waals surface area contributed by atoms with Crippen molar-refractivity contribution >= 4 is 38.1 Å². The summed E-state index contributed by atoms with van der Waals surface area (Å²) in [5, 5.41) is 4.23. The summed E-state index contributed by atoms with van der Waals surface area (Å²) in [7, 11) is 7.93. The van der Waals surface area contributed by atoms with E-state index in [0.717, 1.165) is 55.1 Å². The number of fused-ring (bicyclic) bond motifs is 2. The Bertz CT molecular complexity index is 1180. The molecule has 0 aliphatic carbocycles. The number of anilines is 2. The number of ether oxygens (including phenoxy) is 1. The summed E-state index contributed by atoms with van der Waals surface area (Å²) in [6, 6.07) is 8.23. The first kappa shape index (κ1) is 22.9. The number of piperidine rings is 1. The molecule has 5 heterocycles. The van der Waals surface area contributed by atoms with Gasteiger partial charge in [0.25, 0.3) is 0 Å². The van der Waals surface area contributed by atoms with Crippen molar-refractivity contribution in [3.8, 4) is 17.1 Å². The van der Waals surface area contributed by atoms with Crippen molar-refractivity contribution in [2.75, 3.05) is 70.8 Å². The van der Waals surface area contributed by atoms with Crippen molar-refractivity contribution in [2.45, 2.75) is 6.42 Å². The molecule has 0 spiro atoms. The maximum atomic E-state index is 12.8. The van der Waals surface area contributed by atoms with E-state index < -0.39 is 0 Å². The summed E-state index contributed by atoms with van der Waals surface area (Å²) in [5.41, 5.74) is 3.98. The number of carbonyl (C=O) groups is 1. The van der Waals surface area contributed by atoms with Crippen molar-refractivity contribution in [2.24, 2.45) is 11.8 Å². The van der Waals surface area contributed by atoms with Crippen LogP contribution in [0.1, 0.15) is 6.42 Å². The summed E-state index contributed by atoms with van der Waals surface area (Å²) in [4.78, 5) is 28.7. The summed E-state index contributed by atoms with van der Waals surface area (Å²) in [6.45, 7) is 3.87. The van der Waals surface area contributed by atoms with E-state index in [1.54, 1.807) is 11.3 Å². The maximum absolute atomic E-state index is 12.8. The number of nitrogens with one attached hydrogen (secondary N) is 1. The van der Waals surface area contributed by atoms with Gasteiger partial charge in [0, 0.05) is 65.1 Å². The van der Waals surface area contributed by atoms with Crippen LogP contribution in [0, 0.1) is 11.8 Å². The number of likely N-dealkylation sites (tertiary alicyclic amines) is 1. The SMILES string of the molecule is CNCCOc1ccc(-c2cc(N3CC4CCN(C)C(=O)C4C3)c3sc(N(C)C)cc3n2)cn1. The van der Waals surface area contributed by atoms with Gasteiger partial charge < -0.3 is 24.8 Å². The van der Waals surface area contributed by atoms with E-state index in [9.17, 15) is 4.79 Å². The Balaban J connectivity index is 1.50. The molecule has 1 N–H and O–H groups in total. The summed E-state index contributed by atoms with van der Waals surface area (Å²) in [6.07, 6.45) is 2.89. The molecule has 8 nitrogen and oxygen atoms in total. The molecule has 2 unspecified atom stereocenters. The minimum Gasteiger partial charge on any atom is -0.476 e. The first-order valence-corrected chi connectivity index (χ1v) is 12.6. The summed E-state index contributed by atoms with van der Waals surface area (Å²) < 4.78 is 6.85. The summed E-state index contributed by atoms with van der Waals surface area (Å²) in [5.74, 6) is 1.38. The number of likely N-dealkylation sites (N-methyl/N-ethyl adjacent to an activating group) is 1. The molecule has 3 aromatic rings. The normalized spacial score (nSPS) is 20.2. The van der Waals surface area contributed by atoms with Gasteiger partial charge in [-0.3, -0.25) is 4.79 Å². The number of thiophene rings is 1. The third-order valence-electron chi connectivity index (χ3n) is 6.83. The Morgan fingerprint density at radius 1 is 1.26 bits per heavy atom. The predicted molar refractivity (Wildman–Crippen MR) is 138 cm³/mol. The molecule has 5 rings (SSSR count). The number of carbonyl (C=O) groups excluding carboxylic acids is 1. The van der Waals surface area contributed by atoms with Crippen LogP contribution >= 0.6 is 11.3 Å². The van der Waals surface area contributed by atoms with Gasteiger partial charge in [0.1, 0.15) is 6.61 Å². The van der Waals surface area contributed by atoms with Crippen LogP contribution in [0.5, 0.6) is 5.88 Å². The zero-order valence-electron chi connectivity index (χ0n) is 20.2. The van der Waals surface area contributed by atoms with Crippen LogP contribution in [0.15, 0.2) is 30.5 Å². The highest BCUT2D eigenvalue weighted by Gasteiger charge is 2.42. The smallest absolute Gasteiger partial charge is 0.227 e. The molecule has 180 valence electrons. The Labute approximate surface area is 204 Å². The zero-order chi connectivity index (χ0) is 23.8. The largest absolute Gasteiger partial charge is 0.476 e. The molecule has 2 aliphatic rings. The molecule has 34 heavy (non-hydrogen) atoms. The third kappa shape index (κ3) is 4.30. The van der Waals surface area contributed by atoms with Crippen molar-refractivity contribution in [3.63, 3.8) is 0 Å². The predicted octanol–water partition coefficient (Wildman–Crippen LogP) is 2.94. The van der Waals surface area contributed by atoms with Gasteiger partial charge in [-0.1, -0.05) is 0 Å². The van der Waals surface area contributed by atoms with Crippen LogP contribution in [-0.4, -0.2) is 81.8 Å². The van der Waals surface area contributed by atoms with Crippen LogP contribution in [-0.2, 0) is 4.79 Å².